The molecule has 0 saturated heterocycles. The second kappa shape index (κ2) is 6.15. The monoisotopic (exact) mass is 360 g/mol. The zero-order valence-corrected chi connectivity index (χ0v) is 13.4. The van der Waals surface area contributed by atoms with Gasteiger partial charge in [0.2, 0.25) is 0 Å². The quantitative estimate of drug-likeness (QED) is 0.724. The molecule has 0 aliphatic rings. The minimum absolute atomic E-state index is 0.373. The summed E-state index contributed by atoms with van der Waals surface area (Å²) in [5, 5.41) is 11.4. The number of rotatable bonds is 4. The number of ether oxygens (including phenoxy) is 1. The number of carbonyl (C=O) groups is 1. The van der Waals surface area contributed by atoms with E-state index in [-0.39, 0.29) is 5.97 Å². The maximum atomic E-state index is 11.6. The molecule has 0 bridgehead atoms. The maximum absolute atomic E-state index is 11.6. The van der Waals surface area contributed by atoms with E-state index >= 15 is 0 Å². The van der Waals surface area contributed by atoms with Crippen molar-refractivity contribution < 1.29 is 9.53 Å². The number of nitrogens with zero attached hydrogens (tertiary/aromatic N) is 3. The van der Waals surface area contributed by atoms with Gasteiger partial charge >= 0.3 is 5.97 Å². The predicted octanol–water partition coefficient (Wildman–Crippen LogP) is 3.05. The molecule has 0 aliphatic heterocycles. The largest absolute Gasteiger partial charge is 0.465 e. The Kier molecular flexibility index (Phi) is 4.06. The molecule has 0 radical (unpaired) electrons. The maximum Gasteiger partial charge on any atom is 0.337 e. The predicted molar refractivity (Wildman–Crippen MR) is 86.6 cm³/mol. The van der Waals surface area contributed by atoms with Gasteiger partial charge in [-0.25, -0.2) is 9.48 Å². The van der Waals surface area contributed by atoms with Crippen molar-refractivity contribution in [3.05, 3.63) is 52.5 Å². The molecule has 0 amide bonds. The first kappa shape index (κ1) is 14.5. The lowest BCUT2D eigenvalue weighted by molar-refractivity contribution is 0.0601. The van der Waals surface area contributed by atoms with E-state index in [0.717, 1.165) is 21.2 Å². The van der Waals surface area contributed by atoms with E-state index in [1.807, 2.05) is 24.3 Å². The molecule has 0 aliphatic carbocycles. The molecular formula is C15H13BrN4O2. The van der Waals surface area contributed by atoms with Gasteiger partial charge in [0.15, 0.2) is 0 Å². The fourth-order valence-corrected chi connectivity index (χ4v) is 2.49. The van der Waals surface area contributed by atoms with Crippen molar-refractivity contribution in [3.8, 4) is 0 Å². The minimum Gasteiger partial charge on any atom is -0.465 e. The highest BCUT2D eigenvalue weighted by Crippen LogP contribution is 2.24. The third-order valence-corrected chi connectivity index (χ3v) is 3.92. The first-order valence-electron chi connectivity index (χ1n) is 6.59. The number of hydrogen-bond acceptors (Lipinski definition) is 5. The van der Waals surface area contributed by atoms with Crippen molar-refractivity contribution in [2.45, 2.75) is 6.67 Å². The molecule has 1 aromatic heterocycles. The number of nitrogens with one attached hydrogen (secondary N) is 1. The van der Waals surface area contributed by atoms with Gasteiger partial charge in [-0.1, -0.05) is 17.3 Å². The zero-order chi connectivity index (χ0) is 15.5. The Labute approximate surface area is 135 Å². The lowest BCUT2D eigenvalue weighted by Crippen LogP contribution is -2.11. The van der Waals surface area contributed by atoms with E-state index in [0.29, 0.717) is 12.2 Å². The highest BCUT2D eigenvalue weighted by molar-refractivity contribution is 9.10. The van der Waals surface area contributed by atoms with Crippen LogP contribution in [0, 0.1) is 0 Å². The van der Waals surface area contributed by atoms with Gasteiger partial charge in [0, 0.05) is 4.47 Å². The summed E-state index contributed by atoms with van der Waals surface area (Å²) < 4.78 is 7.34. The number of hydrogen-bond donors (Lipinski definition) is 1. The molecule has 7 heteroatoms. The third-order valence-electron chi connectivity index (χ3n) is 3.23. The van der Waals surface area contributed by atoms with Gasteiger partial charge in [-0.2, -0.15) is 0 Å². The van der Waals surface area contributed by atoms with Gasteiger partial charge in [0.1, 0.15) is 12.2 Å². The lowest BCUT2D eigenvalue weighted by atomic mass is 10.2. The Morgan fingerprint density at radius 2 is 2.14 bits per heavy atom. The number of methoxy groups -OCH3 is 1. The number of aromatic nitrogens is 3. The Hall–Kier alpha value is -2.41. The Morgan fingerprint density at radius 1 is 1.32 bits per heavy atom. The fourth-order valence-electron chi connectivity index (χ4n) is 2.10. The number of para-hydroxylation sites is 1. The summed E-state index contributed by atoms with van der Waals surface area (Å²) in [5.74, 6) is -0.373. The normalized spacial score (nSPS) is 10.6. The second-order valence-electron chi connectivity index (χ2n) is 4.60. The molecule has 22 heavy (non-hydrogen) atoms. The van der Waals surface area contributed by atoms with E-state index in [2.05, 4.69) is 31.6 Å². The zero-order valence-electron chi connectivity index (χ0n) is 11.8. The average Bonchev–Trinajstić information content (AvgIpc) is 2.96. The van der Waals surface area contributed by atoms with Crippen molar-refractivity contribution in [1.29, 1.82) is 0 Å². The van der Waals surface area contributed by atoms with Crippen molar-refractivity contribution in [2.24, 2.45) is 0 Å². The number of esters is 1. The van der Waals surface area contributed by atoms with Crippen LogP contribution in [0.5, 0.6) is 0 Å². The van der Waals surface area contributed by atoms with E-state index in [1.165, 1.54) is 7.11 Å². The van der Waals surface area contributed by atoms with Crippen LogP contribution in [0.4, 0.5) is 5.69 Å². The molecule has 1 N–H and O–H groups in total. The molecule has 112 valence electrons. The van der Waals surface area contributed by atoms with Crippen LogP contribution in [-0.2, 0) is 11.4 Å². The molecular weight excluding hydrogens is 348 g/mol. The standard InChI is InChI=1S/C15H13BrN4O2/c1-22-15(21)10-6-7-11(16)13(8-10)17-9-20-14-5-3-2-4-12(14)18-19-20/h2-8,17H,9H2,1H3. The average molecular weight is 361 g/mol. The smallest absolute Gasteiger partial charge is 0.337 e. The van der Waals surface area contributed by atoms with Gasteiger partial charge < -0.3 is 10.1 Å². The van der Waals surface area contributed by atoms with Crippen LogP contribution in [0.25, 0.3) is 11.0 Å². The van der Waals surface area contributed by atoms with Crippen molar-refractivity contribution >= 4 is 38.6 Å². The summed E-state index contributed by atoms with van der Waals surface area (Å²) in [5.41, 5.74) is 3.04. The Morgan fingerprint density at radius 3 is 2.95 bits per heavy atom. The number of halogens is 1. The lowest BCUT2D eigenvalue weighted by Gasteiger charge is -2.10. The van der Waals surface area contributed by atoms with Crippen LogP contribution in [0.3, 0.4) is 0 Å². The fraction of sp³-hybridized carbons (Fsp3) is 0.133. The number of benzene rings is 2. The van der Waals surface area contributed by atoms with Crippen molar-refractivity contribution in [2.75, 3.05) is 12.4 Å². The van der Waals surface area contributed by atoms with Gasteiger partial charge in [0.25, 0.3) is 0 Å². The van der Waals surface area contributed by atoms with Crippen LogP contribution < -0.4 is 5.32 Å². The molecule has 0 atom stereocenters. The van der Waals surface area contributed by atoms with Gasteiger partial charge in [-0.3, -0.25) is 0 Å². The van der Waals surface area contributed by atoms with Crippen LogP contribution in [0.1, 0.15) is 10.4 Å². The summed E-state index contributed by atoms with van der Waals surface area (Å²) in [7, 11) is 1.36. The first-order chi connectivity index (χ1) is 10.7. The van der Waals surface area contributed by atoms with Crippen LogP contribution in [0.2, 0.25) is 0 Å². The molecule has 6 nitrogen and oxygen atoms in total. The Balaban J connectivity index is 1.83. The highest BCUT2D eigenvalue weighted by atomic mass is 79.9. The highest BCUT2D eigenvalue weighted by Gasteiger charge is 2.09. The summed E-state index contributed by atoms with van der Waals surface area (Å²) in [6, 6.07) is 13.0. The molecule has 0 saturated carbocycles. The topological polar surface area (TPSA) is 69.0 Å². The summed E-state index contributed by atoms with van der Waals surface area (Å²) in [4.78, 5) is 11.6. The molecule has 0 spiro atoms. The van der Waals surface area contributed by atoms with E-state index in [9.17, 15) is 4.79 Å². The molecule has 2 aromatic carbocycles. The molecule has 3 aromatic rings. The minimum atomic E-state index is -0.373. The summed E-state index contributed by atoms with van der Waals surface area (Å²) in [6.45, 7) is 0.434. The molecule has 3 rings (SSSR count). The van der Waals surface area contributed by atoms with Gasteiger partial charge in [0.05, 0.1) is 23.9 Å². The number of fused-ring (bicyclic) bond motifs is 1. The van der Waals surface area contributed by atoms with Gasteiger partial charge in [-0.15, -0.1) is 5.10 Å². The first-order valence-corrected chi connectivity index (χ1v) is 7.38. The van der Waals surface area contributed by atoms with E-state index in [4.69, 9.17) is 4.74 Å². The van der Waals surface area contributed by atoms with Crippen LogP contribution in [0.15, 0.2) is 46.9 Å². The molecule has 1 heterocycles. The van der Waals surface area contributed by atoms with E-state index < -0.39 is 0 Å². The van der Waals surface area contributed by atoms with Crippen molar-refractivity contribution in [3.63, 3.8) is 0 Å². The third kappa shape index (κ3) is 2.80. The Bertz CT molecular complexity index is 831. The van der Waals surface area contributed by atoms with Crippen molar-refractivity contribution in [1.82, 2.24) is 15.0 Å². The number of carbonyl (C=O) groups excluding carboxylic acids is 1. The van der Waals surface area contributed by atoms with Gasteiger partial charge in [-0.05, 0) is 46.3 Å². The number of anilines is 1. The SMILES string of the molecule is COC(=O)c1ccc(Br)c(NCn2nnc3ccccc32)c1. The second-order valence-corrected chi connectivity index (χ2v) is 5.45. The molecule has 0 fully saturated rings. The van der Waals surface area contributed by atoms with E-state index in [1.54, 1.807) is 22.9 Å². The summed E-state index contributed by atoms with van der Waals surface area (Å²) >= 11 is 3.46. The van der Waals surface area contributed by atoms with Crippen LogP contribution >= 0.6 is 15.9 Å². The summed E-state index contributed by atoms with van der Waals surface area (Å²) in [6.07, 6.45) is 0. The van der Waals surface area contributed by atoms with Crippen LogP contribution in [-0.4, -0.2) is 28.1 Å². The molecule has 0 unspecified atom stereocenters.